The third kappa shape index (κ3) is 2.87. The summed E-state index contributed by atoms with van der Waals surface area (Å²) in [5.74, 6) is 0.133. The van der Waals surface area contributed by atoms with Crippen LogP contribution in [0.5, 0.6) is 0 Å². The predicted octanol–water partition coefficient (Wildman–Crippen LogP) is 2.19. The molecule has 1 aromatic carbocycles. The predicted molar refractivity (Wildman–Crippen MR) is 72.2 cm³/mol. The zero-order valence-electron chi connectivity index (χ0n) is 10.2. The monoisotopic (exact) mass is 296 g/mol. The van der Waals surface area contributed by atoms with Gasteiger partial charge in [-0.3, -0.25) is 4.79 Å². The summed E-state index contributed by atoms with van der Waals surface area (Å²) in [6.07, 6.45) is 0. The summed E-state index contributed by atoms with van der Waals surface area (Å²) >= 11 is 3.45. The van der Waals surface area contributed by atoms with Gasteiger partial charge in [0.1, 0.15) is 0 Å². The van der Waals surface area contributed by atoms with Gasteiger partial charge in [-0.05, 0) is 37.6 Å². The third-order valence-electron chi connectivity index (χ3n) is 3.06. The van der Waals surface area contributed by atoms with Gasteiger partial charge in [0.2, 0.25) is 0 Å². The van der Waals surface area contributed by atoms with Crippen LogP contribution in [0.15, 0.2) is 22.7 Å². The first-order valence-corrected chi connectivity index (χ1v) is 6.66. The minimum Gasteiger partial charge on any atom is -0.336 e. The molecule has 1 heterocycles. The average Bonchev–Trinajstić information content (AvgIpc) is 2.32. The van der Waals surface area contributed by atoms with Crippen molar-refractivity contribution in [1.82, 2.24) is 10.2 Å². The number of amides is 1. The van der Waals surface area contributed by atoms with E-state index in [0.29, 0.717) is 6.04 Å². The van der Waals surface area contributed by atoms with Crippen LogP contribution in [0, 0.1) is 6.92 Å². The molecule has 17 heavy (non-hydrogen) atoms. The van der Waals surface area contributed by atoms with Gasteiger partial charge < -0.3 is 10.2 Å². The summed E-state index contributed by atoms with van der Waals surface area (Å²) in [5, 5.41) is 3.34. The Kier molecular flexibility index (Phi) is 3.84. The van der Waals surface area contributed by atoms with Gasteiger partial charge in [0.15, 0.2) is 0 Å². The molecule has 1 aliphatic rings. The highest BCUT2D eigenvalue weighted by Gasteiger charge is 2.21. The number of hydrogen-bond acceptors (Lipinski definition) is 2. The highest BCUT2D eigenvalue weighted by Crippen LogP contribution is 2.18. The number of rotatable bonds is 1. The second kappa shape index (κ2) is 5.19. The van der Waals surface area contributed by atoms with E-state index in [2.05, 4.69) is 28.2 Å². The maximum Gasteiger partial charge on any atom is 0.253 e. The highest BCUT2D eigenvalue weighted by atomic mass is 79.9. The molecule has 4 heteroatoms. The fourth-order valence-corrected chi connectivity index (χ4v) is 2.32. The summed E-state index contributed by atoms with van der Waals surface area (Å²) < 4.78 is 1.04. The van der Waals surface area contributed by atoms with E-state index in [9.17, 15) is 4.79 Å². The van der Waals surface area contributed by atoms with Gasteiger partial charge in [-0.25, -0.2) is 0 Å². The van der Waals surface area contributed by atoms with E-state index >= 15 is 0 Å². The molecule has 0 unspecified atom stereocenters. The number of aryl methyl sites for hydroxylation is 1. The lowest BCUT2D eigenvalue weighted by Gasteiger charge is -2.32. The molecule has 1 fully saturated rings. The fourth-order valence-electron chi connectivity index (χ4n) is 2.08. The van der Waals surface area contributed by atoms with Crippen LogP contribution in [0.1, 0.15) is 22.8 Å². The number of hydrogen-bond donors (Lipinski definition) is 1. The number of carbonyl (C=O) groups excluding carboxylic acids is 1. The third-order valence-corrected chi connectivity index (χ3v) is 3.95. The lowest BCUT2D eigenvalue weighted by molar-refractivity contribution is 0.0709. The van der Waals surface area contributed by atoms with Gasteiger partial charge in [0, 0.05) is 35.7 Å². The summed E-state index contributed by atoms with van der Waals surface area (Å²) in [6, 6.07) is 6.14. The molecule has 0 saturated carbocycles. The van der Waals surface area contributed by atoms with Crippen molar-refractivity contribution in [2.24, 2.45) is 0 Å². The Morgan fingerprint density at radius 2 is 2.29 bits per heavy atom. The number of benzene rings is 1. The Bertz CT molecular complexity index is 433. The van der Waals surface area contributed by atoms with E-state index in [1.807, 2.05) is 30.0 Å². The van der Waals surface area contributed by atoms with Crippen molar-refractivity contribution in [2.45, 2.75) is 19.9 Å². The molecular weight excluding hydrogens is 280 g/mol. The Balaban J connectivity index is 2.15. The smallest absolute Gasteiger partial charge is 0.253 e. The quantitative estimate of drug-likeness (QED) is 0.862. The van der Waals surface area contributed by atoms with Gasteiger partial charge in [-0.2, -0.15) is 0 Å². The maximum absolute atomic E-state index is 12.3. The van der Waals surface area contributed by atoms with Crippen LogP contribution in [-0.4, -0.2) is 36.5 Å². The average molecular weight is 297 g/mol. The lowest BCUT2D eigenvalue weighted by atomic mass is 10.1. The molecule has 3 nitrogen and oxygen atoms in total. The summed E-state index contributed by atoms with van der Waals surface area (Å²) in [4.78, 5) is 14.2. The van der Waals surface area contributed by atoms with Crippen LogP contribution in [0.25, 0.3) is 0 Å². The fraction of sp³-hybridized carbons (Fsp3) is 0.462. The van der Waals surface area contributed by atoms with Gasteiger partial charge in [-0.1, -0.05) is 15.9 Å². The molecule has 1 atom stereocenters. The highest BCUT2D eigenvalue weighted by molar-refractivity contribution is 9.10. The number of nitrogens with one attached hydrogen (secondary N) is 1. The molecule has 92 valence electrons. The molecule has 1 N–H and O–H groups in total. The molecule has 0 aromatic heterocycles. The summed E-state index contributed by atoms with van der Waals surface area (Å²) in [6.45, 7) is 6.56. The molecule has 0 bridgehead atoms. The summed E-state index contributed by atoms with van der Waals surface area (Å²) in [5.41, 5.74) is 1.87. The van der Waals surface area contributed by atoms with Crippen molar-refractivity contribution in [3.05, 3.63) is 33.8 Å². The van der Waals surface area contributed by atoms with Crippen molar-refractivity contribution in [3.63, 3.8) is 0 Å². The number of piperazine rings is 1. The van der Waals surface area contributed by atoms with E-state index in [1.165, 1.54) is 0 Å². The number of carbonyl (C=O) groups is 1. The standard InChI is InChI=1S/C13H17BrN2O/c1-9-7-11(3-4-12(9)14)13(17)16-6-5-15-10(2)8-16/h3-4,7,10,15H,5-6,8H2,1-2H3/t10-/m0/s1. The summed E-state index contributed by atoms with van der Waals surface area (Å²) in [7, 11) is 0. The zero-order chi connectivity index (χ0) is 12.4. The van der Waals surface area contributed by atoms with Crippen LogP contribution in [-0.2, 0) is 0 Å². The van der Waals surface area contributed by atoms with Crippen LogP contribution >= 0.6 is 15.9 Å². The minimum atomic E-state index is 0.133. The Morgan fingerprint density at radius 1 is 1.53 bits per heavy atom. The van der Waals surface area contributed by atoms with Crippen molar-refractivity contribution < 1.29 is 4.79 Å². The van der Waals surface area contributed by atoms with Gasteiger partial charge >= 0.3 is 0 Å². The molecule has 0 radical (unpaired) electrons. The second-order valence-corrected chi connectivity index (χ2v) is 5.42. The van der Waals surface area contributed by atoms with Gasteiger partial charge in [0.25, 0.3) is 5.91 Å². The topological polar surface area (TPSA) is 32.3 Å². The first-order valence-electron chi connectivity index (χ1n) is 5.87. The molecule has 2 rings (SSSR count). The van der Waals surface area contributed by atoms with Crippen molar-refractivity contribution in [1.29, 1.82) is 0 Å². The van der Waals surface area contributed by atoms with Gasteiger partial charge in [-0.15, -0.1) is 0 Å². The number of nitrogens with zero attached hydrogens (tertiary/aromatic N) is 1. The Morgan fingerprint density at radius 3 is 2.94 bits per heavy atom. The van der Waals surface area contributed by atoms with E-state index in [4.69, 9.17) is 0 Å². The first-order chi connectivity index (χ1) is 8.08. The van der Waals surface area contributed by atoms with Gasteiger partial charge in [0.05, 0.1) is 0 Å². The van der Waals surface area contributed by atoms with Crippen LogP contribution in [0.2, 0.25) is 0 Å². The Hall–Kier alpha value is -0.870. The van der Waals surface area contributed by atoms with Crippen molar-refractivity contribution in [2.75, 3.05) is 19.6 Å². The second-order valence-electron chi connectivity index (χ2n) is 4.57. The van der Waals surface area contributed by atoms with Crippen LogP contribution in [0.4, 0.5) is 0 Å². The van der Waals surface area contributed by atoms with E-state index in [-0.39, 0.29) is 5.91 Å². The van der Waals surface area contributed by atoms with Crippen LogP contribution < -0.4 is 5.32 Å². The first kappa shape index (κ1) is 12.6. The molecule has 1 amide bonds. The SMILES string of the molecule is Cc1cc(C(=O)N2CCN[C@@H](C)C2)ccc1Br. The number of halogens is 1. The van der Waals surface area contributed by atoms with Crippen molar-refractivity contribution >= 4 is 21.8 Å². The lowest BCUT2D eigenvalue weighted by Crippen LogP contribution is -2.51. The Labute approximate surface area is 110 Å². The molecule has 1 aliphatic heterocycles. The molecule has 0 spiro atoms. The molecular formula is C13H17BrN2O. The van der Waals surface area contributed by atoms with E-state index in [0.717, 1.165) is 35.2 Å². The molecule has 0 aliphatic carbocycles. The maximum atomic E-state index is 12.3. The van der Waals surface area contributed by atoms with Crippen molar-refractivity contribution in [3.8, 4) is 0 Å². The van der Waals surface area contributed by atoms with E-state index < -0.39 is 0 Å². The van der Waals surface area contributed by atoms with Crippen LogP contribution in [0.3, 0.4) is 0 Å². The minimum absolute atomic E-state index is 0.133. The molecule has 1 aromatic rings. The largest absolute Gasteiger partial charge is 0.336 e. The zero-order valence-corrected chi connectivity index (χ0v) is 11.8. The van der Waals surface area contributed by atoms with E-state index in [1.54, 1.807) is 0 Å². The normalized spacial score (nSPS) is 20.4. The molecule has 1 saturated heterocycles.